The van der Waals surface area contributed by atoms with Crippen molar-refractivity contribution in [3.8, 4) is 33.6 Å². The summed E-state index contributed by atoms with van der Waals surface area (Å²) in [7, 11) is 0. The van der Waals surface area contributed by atoms with Crippen molar-refractivity contribution in [2.45, 2.75) is 0 Å². The molecule has 9 rings (SSSR count). The van der Waals surface area contributed by atoms with Crippen molar-refractivity contribution < 1.29 is 0 Å². The van der Waals surface area contributed by atoms with Crippen LogP contribution in [-0.2, 0) is 0 Å². The van der Waals surface area contributed by atoms with Crippen molar-refractivity contribution in [3.63, 3.8) is 0 Å². The van der Waals surface area contributed by atoms with E-state index >= 15 is 0 Å². The zero-order chi connectivity index (χ0) is 29.0. The van der Waals surface area contributed by atoms with Crippen molar-refractivity contribution >= 4 is 43.9 Å². The molecule has 0 unspecified atom stereocenters. The Morgan fingerprint density at radius 2 is 0.886 bits per heavy atom. The summed E-state index contributed by atoms with van der Waals surface area (Å²) in [5, 5.41) is 2.16. The highest BCUT2D eigenvalue weighted by Gasteiger charge is 2.18. The average molecular weight is 566 g/mol. The van der Waals surface area contributed by atoms with Crippen LogP contribution in [0.4, 0.5) is 0 Å². The fraction of sp³-hybridized carbons (Fsp3) is 0. The van der Waals surface area contributed by atoms with E-state index in [-0.39, 0.29) is 0 Å². The minimum absolute atomic E-state index is 0.947. The highest BCUT2D eigenvalue weighted by Crippen LogP contribution is 2.36. The molecule has 0 aliphatic rings. The van der Waals surface area contributed by atoms with Gasteiger partial charge in [0.2, 0.25) is 0 Å². The molecule has 0 saturated heterocycles. The number of pyridine rings is 5. The van der Waals surface area contributed by atoms with Crippen LogP contribution in [0, 0.1) is 0 Å². The molecule has 0 fully saturated rings. The lowest BCUT2D eigenvalue weighted by Crippen LogP contribution is -2.00. The van der Waals surface area contributed by atoms with Crippen LogP contribution in [0.5, 0.6) is 0 Å². The van der Waals surface area contributed by atoms with E-state index < -0.39 is 0 Å². The third-order valence-corrected chi connectivity index (χ3v) is 8.26. The molecular weight excluding hydrogens is 542 g/mol. The summed E-state index contributed by atoms with van der Waals surface area (Å²) in [5.41, 5.74) is 12.3. The first-order chi connectivity index (χ1) is 21.8. The molecule has 0 bridgehead atoms. The van der Waals surface area contributed by atoms with Gasteiger partial charge < -0.3 is 9.13 Å². The Kier molecular flexibility index (Phi) is 5.36. The van der Waals surface area contributed by atoms with Crippen molar-refractivity contribution in [1.29, 1.82) is 0 Å². The summed E-state index contributed by atoms with van der Waals surface area (Å²) < 4.78 is 4.49. The van der Waals surface area contributed by atoms with Gasteiger partial charge in [0.1, 0.15) is 0 Å². The van der Waals surface area contributed by atoms with Gasteiger partial charge in [0.25, 0.3) is 0 Å². The highest BCUT2D eigenvalue weighted by molar-refractivity contribution is 6.09. The van der Waals surface area contributed by atoms with Crippen LogP contribution >= 0.6 is 0 Å². The van der Waals surface area contributed by atoms with Gasteiger partial charge in [-0.25, -0.2) is 0 Å². The molecule has 0 aliphatic carbocycles. The maximum Gasteiger partial charge on any atom is 0.0963 e. The van der Waals surface area contributed by atoms with Crippen molar-refractivity contribution in [2.24, 2.45) is 0 Å². The van der Waals surface area contributed by atoms with E-state index in [0.717, 1.165) is 77.5 Å². The predicted octanol–water partition coefficient (Wildman–Crippen LogP) is 8.19. The van der Waals surface area contributed by atoms with Gasteiger partial charge >= 0.3 is 0 Å². The number of hydrogen-bond acceptors (Lipinski definition) is 5. The Morgan fingerprint density at radius 3 is 1.36 bits per heavy atom. The number of rotatable bonds is 4. The summed E-state index contributed by atoms with van der Waals surface area (Å²) in [4.78, 5) is 23.0. The molecule has 0 N–H and O–H groups in total. The lowest BCUT2D eigenvalue weighted by Gasteiger charge is -2.12. The molecule has 9 aromatic rings. The molecular formula is C37H23N7. The fourth-order valence-electron chi connectivity index (χ4n) is 6.31. The second-order valence-electron chi connectivity index (χ2n) is 10.8. The number of aromatic nitrogens is 7. The highest BCUT2D eigenvalue weighted by atomic mass is 15.0. The predicted molar refractivity (Wildman–Crippen MR) is 175 cm³/mol. The van der Waals surface area contributed by atoms with Crippen LogP contribution in [0.1, 0.15) is 0 Å². The average Bonchev–Trinajstić information content (AvgIpc) is 3.61. The first-order valence-corrected chi connectivity index (χ1v) is 14.4. The smallest absolute Gasteiger partial charge is 0.0963 e. The molecule has 44 heavy (non-hydrogen) atoms. The van der Waals surface area contributed by atoms with Crippen LogP contribution in [0.3, 0.4) is 0 Å². The van der Waals surface area contributed by atoms with Gasteiger partial charge in [-0.05, 0) is 77.9 Å². The second-order valence-corrected chi connectivity index (χ2v) is 10.8. The number of fused-ring (bicyclic) bond motifs is 6. The maximum atomic E-state index is 4.80. The van der Waals surface area contributed by atoms with Crippen LogP contribution in [0.15, 0.2) is 141 Å². The maximum absolute atomic E-state index is 4.80. The molecule has 0 aliphatic heterocycles. The first kappa shape index (κ1) is 24.4. The van der Waals surface area contributed by atoms with Gasteiger partial charge in [-0.2, -0.15) is 0 Å². The fourth-order valence-corrected chi connectivity index (χ4v) is 6.31. The quantitative estimate of drug-likeness (QED) is 0.215. The molecule has 0 spiro atoms. The summed E-state index contributed by atoms with van der Waals surface area (Å²) in [6.45, 7) is 0. The molecule has 7 aromatic heterocycles. The van der Waals surface area contributed by atoms with E-state index in [4.69, 9.17) is 15.0 Å². The monoisotopic (exact) mass is 565 g/mol. The van der Waals surface area contributed by atoms with Gasteiger partial charge in [0.05, 0.1) is 56.9 Å². The SMILES string of the molecule is c1cncc(-c2ccc3c(c2)c2ncccc2n3-c2cncc(-n3c4ccc(-c5cccnc5)cc4c4ncccc43)c2)c1. The Balaban J connectivity index is 1.25. The van der Waals surface area contributed by atoms with Crippen LogP contribution in [0.25, 0.3) is 77.5 Å². The Morgan fingerprint density at radius 1 is 0.386 bits per heavy atom. The standard InChI is InChI=1S/C37H23N7/c1-5-26(20-38-13-1)24-9-11-32-30(17-24)36-34(7-3-15-41-36)43(32)28-19-29(23-40-22-28)44-33-12-10-25(27-6-2-14-39-21-27)18-31(33)37-35(44)8-4-16-42-37/h1-23H. The van der Waals surface area contributed by atoms with Crippen molar-refractivity contribution in [2.75, 3.05) is 0 Å². The largest absolute Gasteiger partial charge is 0.306 e. The van der Waals surface area contributed by atoms with Gasteiger partial charge in [0.15, 0.2) is 0 Å². The zero-order valence-corrected chi connectivity index (χ0v) is 23.4. The lowest BCUT2D eigenvalue weighted by atomic mass is 10.1. The van der Waals surface area contributed by atoms with Gasteiger partial charge in [-0.15, -0.1) is 0 Å². The van der Waals surface area contributed by atoms with E-state index in [1.54, 1.807) is 12.4 Å². The molecule has 7 heterocycles. The third-order valence-electron chi connectivity index (χ3n) is 8.26. The van der Waals surface area contributed by atoms with E-state index in [1.807, 2.05) is 61.4 Å². The summed E-state index contributed by atoms with van der Waals surface area (Å²) >= 11 is 0. The minimum Gasteiger partial charge on any atom is -0.306 e. The summed E-state index contributed by atoms with van der Waals surface area (Å²) in [6.07, 6.45) is 14.9. The van der Waals surface area contributed by atoms with Gasteiger partial charge in [0, 0.05) is 59.1 Å². The second kappa shape index (κ2) is 9.68. The van der Waals surface area contributed by atoms with Crippen molar-refractivity contribution in [1.82, 2.24) is 34.1 Å². The minimum atomic E-state index is 0.947. The van der Waals surface area contributed by atoms with E-state index in [9.17, 15) is 0 Å². The molecule has 0 saturated carbocycles. The van der Waals surface area contributed by atoms with E-state index in [2.05, 4.69) is 85.8 Å². The molecule has 2 aromatic carbocycles. The molecule has 206 valence electrons. The normalized spacial score (nSPS) is 11.6. The number of nitrogens with zero attached hydrogens (tertiary/aromatic N) is 7. The molecule has 0 radical (unpaired) electrons. The topological polar surface area (TPSA) is 74.3 Å². The van der Waals surface area contributed by atoms with Gasteiger partial charge in [-0.3, -0.25) is 24.9 Å². The summed E-state index contributed by atoms with van der Waals surface area (Å²) in [6, 6.07) is 31.5. The lowest BCUT2D eigenvalue weighted by molar-refractivity contribution is 1.09. The zero-order valence-electron chi connectivity index (χ0n) is 23.4. The molecule has 0 amide bonds. The first-order valence-electron chi connectivity index (χ1n) is 14.4. The Hall–Kier alpha value is -6.21. The Bertz CT molecular complexity index is 2320. The molecule has 7 nitrogen and oxygen atoms in total. The summed E-state index contributed by atoms with van der Waals surface area (Å²) in [5.74, 6) is 0. The van der Waals surface area contributed by atoms with E-state index in [1.165, 1.54) is 0 Å². The van der Waals surface area contributed by atoms with E-state index in [0.29, 0.717) is 0 Å². The molecule has 7 heteroatoms. The van der Waals surface area contributed by atoms with Crippen LogP contribution in [-0.4, -0.2) is 34.1 Å². The van der Waals surface area contributed by atoms with Crippen LogP contribution < -0.4 is 0 Å². The van der Waals surface area contributed by atoms with Crippen LogP contribution in [0.2, 0.25) is 0 Å². The number of benzene rings is 2. The number of hydrogen-bond donors (Lipinski definition) is 0. The van der Waals surface area contributed by atoms with Gasteiger partial charge in [-0.1, -0.05) is 24.3 Å². The third kappa shape index (κ3) is 3.73. The van der Waals surface area contributed by atoms with Crippen molar-refractivity contribution in [3.05, 3.63) is 141 Å². The molecule has 0 atom stereocenters. The Labute approximate surface area is 251 Å².